The molecule has 0 saturated carbocycles. The van der Waals surface area contributed by atoms with Crippen LogP contribution in [-0.4, -0.2) is 25.0 Å². The van der Waals surface area contributed by atoms with Gasteiger partial charge in [0.05, 0.1) is 0 Å². The third-order valence-corrected chi connectivity index (χ3v) is 6.27. The van der Waals surface area contributed by atoms with Gasteiger partial charge < -0.3 is 0 Å². The van der Waals surface area contributed by atoms with Crippen molar-refractivity contribution in [2.45, 2.75) is 70.0 Å². The summed E-state index contributed by atoms with van der Waals surface area (Å²) in [6, 6.07) is 1.60. The van der Waals surface area contributed by atoms with Gasteiger partial charge in [0.2, 0.25) is 6.43 Å². The molecule has 0 aromatic heterocycles. The Balaban J connectivity index is 3.23. The van der Waals surface area contributed by atoms with Gasteiger partial charge in [0.15, 0.2) is 0 Å². The molecule has 0 fully saturated rings. The lowest BCUT2D eigenvalue weighted by Gasteiger charge is -2.11. The van der Waals surface area contributed by atoms with Crippen LogP contribution in [-0.2, 0) is 0 Å². The lowest BCUT2D eigenvalue weighted by molar-refractivity contribution is 0.134. The Labute approximate surface area is 116 Å². The minimum atomic E-state index is -5.37. The van der Waals surface area contributed by atoms with Crippen molar-refractivity contribution in [3.05, 3.63) is 0 Å². The van der Waals surface area contributed by atoms with Crippen LogP contribution in [0.1, 0.15) is 45.4 Å². The zero-order chi connectivity index (χ0) is 14.7. The Morgan fingerprint density at radius 2 is 1.53 bits per heavy atom. The first kappa shape index (κ1) is 19.1. The molecule has 0 radical (unpaired) electrons. The first-order chi connectivity index (χ1) is 8.81. The van der Waals surface area contributed by atoms with Crippen LogP contribution in [0.25, 0.3) is 0 Å². The average molecular weight is 320 g/mol. The molecule has 0 N–H and O–H groups in total. The van der Waals surface area contributed by atoms with E-state index in [1.807, 2.05) is 0 Å². The van der Waals surface area contributed by atoms with Crippen molar-refractivity contribution in [2.75, 3.05) is 0 Å². The highest BCUT2D eigenvalue weighted by molar-refractivity contribution is 6.58. The highest BCUT2D eigenvalue weighted by Gasteiger charge is 2.37. The zero-order valence-electron chi connectivity index (χ0n) is 11.6. The van der Waals surface area contributed by atoms with Crippen LogP contribution in [0.4, 0.5) is 21.1 Å². The summed E-state index contributed by atoms with van der Waals surface area (Å²) >= 11 is 0. The number of halogens is 5. The summed E-state index contributed by atoms with van der Waals surface area (Å²) in [6.07, 6.45) is 2.03. The summed E-state index contributed by atoms with van der Waals surface area (Å²) in [4.78, 5) is 0. The maximum absolute atomic E-state index is 12.2. The molecule has 0 spiro atoms. The van der Waals surface area contributed by atoms with Crippen molar-refractivity contribution in [3.63, 3.8) is 0 Å². The van der Waals surface area contributed by atoms with Gasteiger partial charge in [0.25, 0.3) is 0 Å². The van der Waals surface area contributed by atoms with Crippen LogP contribution in [0.3, 0.4) is 0 Å². The Hall–Kier alpha value is 0.0838. The monoisotopic (exact) mass is 320 g/mol. The summed E-state index contributed by atoms with van der Waals surface area (Å²) in [7, 11) is -5.60. The fraction of sp³-hybridized carbons (Fsp3) is 1.00. The summed E-state index contributed by atoms with van der Waals surface area (Å²) in [5.74, 6) is -0.204. The molecular weight excluding hydrogens is 295 g/mol. The van der Waals surface area contributed by atoms with Gasteiger partial charge >= 0.3 is 9.08 Å². The highest BCUT2D eigenvalue weighted by Crippen LogP contribution is 2.24. The second-order valence-corrected chi connectivity index (χ2v) is 9.13. The smallest absolute Gasteiger partial charge is 0.238 e. The van der Waals surface area contributed by atoms with E-state index < -0.39 is 21.5 Å². The Morgan fingerprint density at radius 3 is 2.11 bits per heavy atom. The van der Waals surface area contributed by atoms with E-state index in [0.717, 1.165) is 31.4 Å². The summed E-state index contributed by atoms with van der Waals surface area (Å²) in [6.45, 7) is 1.69. The predicted molar refractivity (Wildman–Crippen MR) is 74.9 cm³/mol. The van der Waals surface area contributed by atoms with E-state index in [9.17, 15) is 21.1 Å². The number of alkyl halides is 2. The quantitative estimate of drug-likeness (QED) is 0.203. The third kappa shape index (κ3) is 16.0. The first-order valence-electron chi connectivity index (χ1n) is 7.16. The molecule has 0 saturated heterocycles. The zero-order valence-corrected chi connectivity index (χ0v) is 14.0. The molecule has 0 aliphatic carbocycles. The SMILES string of the molecule is CC(CC[SiH2]CCCCCCC(F)F)C[Si](F)(F)F. The van der Waals surface area contributed by atoms with Crippen LogP contribution in [0.2, 0.25) is 18.1 Å². The molecule has 0 rings (SSSR count). The lowest BCUT2D eigenvalue weighted by atomic mass is 10.1. The highest BCUT2D eigenvalue weighted by atomic mass is 28.5. The summed E-state index contributed by atoms with van der Waals surface area (Å²) in [5.41, 5.74) is 0. The lowest BCUT2D eigenvalue weighted by Crippen LogP contribution is -2.18. The van der Waals surface area contributed by atoms with E-state index in [1.165, 1.54) is 0 Å². The van der Waals surface area contributed by atoms with Crippen molar-refractivity contribution in [1.82, 2.24) is 0 Å². The second-order valence-electron chi connectivity index (χ2n) is 5.37. The molecule has 0 aliphatic heterocycles. The third-order valence-electron chi connectivity index (χ3n) is 3.20. The molecule has 0 aliphatic rings. The molecule has 0 bridgehead atoms. The van der Waals surface area contributed by atoms with Gasteiger partial charge in [-0.05, 0) is 12.3 Å². The molecule has 1 unspecified atom stereocenters. The predicted octanol–water partition coefficient (Wildman–Crippen LogP) is 5.08. The topological polar surface area (TPSA) is 0 Å². The Bertz CT molecular complexity index is 209. The maximum atomic E-state index is 12.2. The largest absolute Gasteiger partial charge is 0.616 e. The van der Waals surface area contributed by atoms with Crippen molar-refractivity contribution < 1.29 is 21.1 Å². The van der Waals surface area contributed by atoms with E-state index in [-0.39, 0.29) is 21.9 Å². The molecule has 0 heterocycles. The van der Waals surface area contributed by atoms with Gasteiger partial charge in [-0.25, -0.2) is 21.1 Å². The van der Waals surface area contributed by atoms with E-state index >= 15 is 0 Å². The second kappa shape index (κ2) is 10.8. The molecule has 0 amide bonds. The van der Waals surface area contributed by atoms with E-state index in [2.05, 4.69) is 0 Å². The normalized spacial score (nSPS) is 14.7. The number of hydrogen-bond donors (Lipinski definition) is 0. The summed E-state index contributed by atoms with van der Waals surface area (Å²) in [5, 5.41) is 0. The van der Waals surface area contributed by atoms with Crippen molar-refractivity contribution in [2.24, 2.45) is 5.92 Å². The Morgan fingerprint density at radius 1 is 0.895 bits per heavy atom. The summed E-state index contributed by atoms with van der Waals surface area (Å²) < 4.78 is 60.3. The fourth-order valence-electron chi connectivity index (χ4n) is 2.17. The van der Waals surface area contributed by atoms with Crippen LogP contribution >= 0.6 is 0 Å². The minimum absolute atomic E-state index is 0.00370. The van der Waals surface area contributed by atoms with Gasteiger partial charge in [-0.1, -0.05) is 44.7 Å². The standard InChI is InChI=1S/C12H25F5Si2/c1-11(10-19(15,16)17)7-9-18-8-5-3-2-4-6-12(13)14/h11-12H,2-10,18H2,1H3. The molecule has 0 aromatic rings. The average Bonchev–Trinajstić information content (AvgIpc) is 2.24. The molecule has 116 valence electrons. The molecule has 0 nitrogen and oxygen atoms in total. The first-order valence-corrected chi connectivity index (χ1v) is 11.0. The van der Waals surface area contributed by atoms with Gasteiger partial charge in [0, 0.05) is 22.0 Å². The molecular formula is C12H25F5Si2. The van der Waals surface area contributed by atoms with Crippen molar-refractivity contribution in [1.29, 1.82) is 0 Å². The van der Waals surface area contributed by atoms with Crippen LogP contribution in [0, 0.1) is 5.92 Å². The maximum Gasteiger partial charge on any atom is 0.616 e. The van der Waals surface area contributed by atoms with E-state index in [4.69, 9.17) is 0 Å². The van der Waals surface area contributed by atoms with Crippen LogP contribution in [0.15, 0.2) is 0 Å². The van der Waals surface area contributed by atoms with Crippen LogP contribution in [0.5, 0.6) is 0 Å². The van der Waals surface area contributed by atoms with Gasteiger partial charge in [-0.15, -0.1) is 0 Å². The number of rotatable bonds is 12. The number of hydrogen-bond acceptors (Lipinski definition) is 0. The van der Waals surface area contributed by atoms with Gasteiger partial charge in [-0.2, -0.15) is 0 Å². The number of unbranched alkanes of at least 4 members (excludes halogenated alkanes) is 3. The molecule has 0 aromatic carbocycles. The Kier molecular flexibility index (Phi) is 10.9. The molecule has 1 atom stereocenters. The van der Waals surface area contributed by atoms with Crippen molar-refractivity contribution >= 4 is 18.6 Å². The van der Waals surface area contributed by atoms with E-state index in [1.54, 1.807) is 6.92 Å². The minimum Gasteiger partial charge on any atom is -0.238 e. The van der Waals surface area contributed by atoms with Gasteiger partial charge in [-0.3, -0.25) is 0 Å². The van der Waals surface area contributed by atoms with E-state index in [0.29, 0.717) is 12.8 Å². The van der Waals surface area contributed by atoms with Gasteiger partial charge in [0.1, 0.15) is 0 Å². The molecule has 7 heteroatoms. The van der Waals surface area contributed by atoms with Crippen molar-refractivity contribution in [3.8, 4) is 0 Å². The fourth-order valence-corrected chi connectivity index (χ4v) is 5.21. The molecule has 19 heavy (non-hydrogen) atoms. The van der Waals surface area contributed by atoms with Crippen LogP contribution < -0.4 is 0 Å².